The highest BCUT2D eigenvalue weighted by molar-refractivity contribution is 5.75. The number of benzene rings is 3. The van der Waals surface area contributed by atoms with E-state index in [2.05, 4.69) is 90.3 Å². The minimum absolute atomic E-state index is 0.0117. The SMILES string of the molecule is COc1ccccc1C1=CCC(c2ccccc2)(c2ccccc2)[C@H]2CNC[C@@H]12. The van der Waals surface area contributed by atoms with Gasteiger partial charge in [0.25, 0.3) is 0 Å². The van der Waals surface area contributed by atoms with E-state index < -0.39 is 0 Å². The number of fused-ring (bicyclic) bond motifs is 1. The second-order valence-electron chi connectivity index (χ2n) is 8.14. The largest absolute Gasteiger partial charge is 0.496 e. The van der Waals surface area contributed by atoms with E-state index in [4.69, 9.17) is 4.74 Å². The third-order valence-electron chi connectivity index (χ3n) is 6.89. The maximum Gasteiger partial charge on any atom is 0.126 e. The van der Waals surface area contributed by atoms with Crippen LogP contribution in [0.4, 0.5) is 0 Å². The van der Waals surface area contributed by atoms with Crippen LogP contribution in [0.1, 0.15) is 23.1 Å². The molecule has 0 aromatic heterocycles. The number of methoxy groups -OCH3 is 1. The van der Waals surface area contributed by atoms with E-state index in [1.165, 1.54) is 22.3 Å². The van der Waals surface area contributed by atoms with Crippen molar-refractivity contribution in [1.29, 1.82) is 0 Å². The maximum absolute atomic E-state index is 5.71. The highest BCUT2D eigenvalue weighted by Gasteiger charge is 2.50. The molecule has 1 saturated heterocycles. The number of hydrogen-bond acceptors (Lipinski definition) is 2. The molecule has 3 aromatic rings. The highest BCUT2D eigenvalue weighted by atomic mass is 16.5. The van der Waals surface area contributed by atoms with Gasteiger partial charge in [-0.15, -0.1) is 0 Å². The van der Waals surface area contributed by atoms with Crippen molar-refractivity contribution in [2.45, 2.75) is 11.8 Å². The summed E-state index contributed by atoms with van der Waals surface area (Å²) < 4.78 is 5.71. The molecule has 0 saturated carbocycles. The Bertz CT molecular complexity index is 969. The average Bonchev–Trinajstić information content (AvgIpc) is 3.30. The third kappa shape index (κ3) is 2.90. The Morgan fingerprint density at radius 2 is 1.41 bits per heavy atom. The van der Waals surface area contributed by atoms with Gasteiger partial charge in [0.2, 0.25) is 0 Å². The maximum atomic E-state index is 5.71. The molecular weight excluding hydrogens is 354 g/mol. The molecule has 29 heavy (non-hydrogen) atoms. The van der Waals surface area contributed by atoms with Crippen molar-refractivity contribution in [2.24, 2.45) is 11.8 Å². The molecule has 3 aromatic carbocycles. The van der Waals surface area contributed by atoms with Crippen molar-refractivity contribution >= 4 is 5.57 Å². The number of hydrogen-bond donors (Lipinski definition) is 1. The summed E-state index contributed by atoms with van der Waals surface area (Å²) in [6.45, 7) is 2.04. The van der Waals surface area contributed by atoms with Crippen LogP contribution in [0.2, 0.25) is 0 Å². The minimum atomic E-state index is -0.0117. The lowest BCUT2D eigenvalue weighted by atomic mass is 9.56. The summed E-state index contributed by atoms with van der Waals surface area (Å²) in [5, 5.41) is 3.71. The standard InChI is InChI=1S/C27H27NO/c1-29-26-15-9-8-14-23(26)22-16-17-27(20-10-4-2-5-11-20,21-12-6-3-7-13-21)25-19-28-18-24(22)25/h2-16,24-25,28H,17-19H2,1H3/t24-,25-/m0/s1. The molecule has 0 unspecified atom stereocenters. The van der Waals surface area contributed by atoms with Crippen LogP contribution in [0.25, 0.3) is 5.57 Å². The Balaban J connectivity index is 1.70. The first-order chi connectivity index (χ1) is 14.3. The second kappa shape index (κ2) is 7.53. The number of rotatable bonds is 4. The van der Waals surface area contributed by atoms with E-state index in [0.717, 1.165) is 25.3 Å². The van der Waals surface area contributed by atoms with Crippen LogP contribution in [0.15, 0.2) is 91.0 Å². The van der Waals surface area contributed by atoms with Crippen LogP contribution < -0.4 is 10.1 Å². The molecule has 1 heterocycles. The normalized spacial score (nSPS) is 22.6. The Kier molecular flexibility index (Phi) is 4.73. The van der Waals surface area contributed by atoms with Gasteiger partial charge in [0.1, 0.15) is 5.75 Å². The van der Waals surface area contributed by atoms with E-state index in [0.29, 0.717) is 11.8 Å². The summed E-state index contributed by atoms with van der Waals surface area (Å²) in [6, 6.07) is 30.6. The van der Waals surface area contributed by atoms with Crippen LogP contribution in [0.5, 0.6) is 5.75 Å². The zero-order valence-corrected chi connectivity index (χ0v) is 16.8. The lowest BCUT2D eigenvalue weighted by Gasteiger charge is -2.46. The molecule has 0 amide bonds. The van der Waals surface area contributed by atoms with Gasteiger partial charge in [-0.25, -0.2) is 0 Å². The summed E-state index contributed by atoms with van der Waals surface area (Å²) in [7, 11) is 1.77. The number of nitrogens with one attached hydrogen (secondary N) is 1. The van der Waals surface area contributed by atoms with Crippen LogP contribution in [-0.2, 0) is 5.41 Å². The molecule has 0 bridgehead atoms. The molecule has 2 atom stereocenters. The molecule has 5 rings (SSSR count). The quantitative estimate of drug-likeness (QED) is 0.662. The van der Waals surface area contributed by atoms with Crippen molar-refractivity contribution in [2.75, 3.05) is 20.2 Å². The number of ether oxygens (including phenoxy) is 1. The van der Waals surface area contributed by atoms with Crippen molar-refractivity contribution in [3.05, 3.63) is 108 Å². The first kappa shape index (κ1) is 18.2. The van der Waals surface area contributed by atoms with Gasteiger partial charge in [-0.05, 0) is 41.6 Å². The van der Waals surface area contributed by atoms with E-state index in [9.17, 15) is 0 Å². The zero-order valence-electron chi connectivity index (χ0n) is 16.8. The number of allylic oxidation sites excluding steroid dienone is 1. The minimum Gasteiger partial charge on any atom is -0.496 e. The molecule has 2 heteroatoms. The fourth-order valence-electron chi connectivity index (χ4n) is 5.59. The summed E-state index contributed by atoms with van der Waals surface area (Å²) in [5.41, 5.74) is 5.49. The van der Waals surface area contributed by atoms with Crippen molar-refractivity contribution < 1.29 is 4.74 Å². The van der Waals surface area contributed by atoms with Gasteiger partial charge >= 0.3 is 0 Å². The smallest absolute Gasteiger partial charge is 0.126 e. The van der Waals surface area contributed by atoms with Gasteiger partial charge in [-0.3, -0.25) is 0 Å². The van der Waals surface area contributed by atoms with Crippen LogP contribution in [0, 0.1) is 11.8 Å². The third-order valence-corrected chi connectivity index (χ3v) is 6.89. The molecule has 2 aliphatic rings. The van der Waals surface area contributed by atoms with Gasteiger partial charge in [-0.2, -0.15) is 0 Å². The van der Waals surface area contributed by atoms with Gasteiger partial charge in [0.05, 0.1) is 7.11 Å². The molecule has 146 valence electrons. The van der Waals surface area contributed by atoms with Crippen molar-refractivity contribution in [3.8, 4) is 5.75 Å². The van der Waals surface area contributed by atoms with Crippen LogP contribution >= 0.6 is 0 Å². The Morgan fingerprint density at radius 1 is 0.793 bits per heavy atom. The van der Waals surface area contributed by atoms with E-state index in [1.807, 2.05) is 6.07 Å². The number of para-hydroxylation sites is 1. The van der Waals surface area contributed by atoms with Gasteiger partial charge in [0.15, 0.2) is 0 Å². The van der Waals surface area contributed by atoms with Gasteiger partial charge in [-0.1, -0.05) is 84.9 Å². The fraction of sp³-hybridized carbons (Fsp3) is 0.259. The molecule has 1 fully saturated rings. The highest BCUT2D eigenvalue weighted by Crippen LogP contribution is 2.54. The van der Waals surface area contributed by atoms with E-state index in [-0.39, 0.29) is 5.41 Å². The molecule has 2 nitrogen and oxygen atoms in total. The van der Waals surface area contributed by atoms with Crippen molar-refractivity contribution in [3.63, 3.8) is 0 Å². The zero-order chi connectivity index (χ0) is 19.7. The monoisotopic (exact) mass is 381 g/mol. The second-order valence-corrected chi connectivity index (χ2v) is 8.14. The predicted molar refractivity (Wildman–Crippen MR) is 119 cm³/mol. The Hall–Kier alpha value is -2.84. The summed E-state index contributed by atoms with van der Waals surface area (Å²) in [5.74, 6) is 1.92. The van der Waals surface area contributed by atoms with Crippen LogP contribution in [0.3, 0.4) is 0 Å². The molecule has 0 radical (unpaired) electrons. The average molecular weight is 382 g/mol. The first-order valence-corrected chi connectivity index (χ1v) is 10.5. The first-order valence-electron chi connectivity index (χ1n) is 10.5. The summed E-state index contributed by atoms with van der Waals surface area (Å²) >= 11 is 0. The molecular formula is C27H27NO. The van der Waals surface area contributed by atoms with Gasteiger partial charge < -0.3 is 10.1 Å². The van der Waals surface area contributed by atoms with E-state index >= 15 is 0 Å². The van der Waals surface area contributed by atoms with Crippen LogP contribution in [-0.4, -0.2) is 20.2 Å². The molecule has 0 spiro atoms. The summed E-state index contributed by atoms with van der Waals surface area (Å²) in [4.78, 5) is 0. The Morgan fingerprint density at radius 3 is 2.07 bits per heavy atom. The Labute approximate surface area is 173 Å². The lowest BCUT2D eigenvalue weighted by molar-refractivity contribution is 0.295. The topological polar surface area (TPSA) is 21.3 Å². The predicted octanol–water partition coefficient (Wildman–Crippen LogP) is 5.30. The molecule has 1 aliphatic carbocycles. The molecule has 1 aliphatic heterocycles. The van der Waals surface area contributed by atoms with Crippen molar-refractivity contribution in [1.82, 2.24) is 5.32 Å². The molecule has 1 N–H and O–H groups in total. The lowest BCUT2D eigenvalue weighted by Crippen LogP contribution is -2.43. The van der Waals surface area contributed by atoms with E-state index in [1.54, 1.807) is 7.11 Å². The summed E-state index contributed by atoms with van der Waals surface area (Å²) in [6.07, 6.45) is 3.48. The van der Waals surface area contributed by atoms with Gasteiger partial charge in [0, 0.05) is 23.4 Å². The fourth-order valence-corrected chi connectivity index (χ4v) is 5.59.